The maximum absolute atomic E-state index is 11.1. The number of ether oxygens (including phenoxy) is 1. The second kappa shape index (κ2) is 7.69. The van der Waals surface area contributed by atoms with Crippen LogP contribution in [0.1, 0.15) is 6.23 Å². The molecule has 1 amide bonds. The molecule has 0 spiro atoms. The van der Waals surface area contributed by atoms with Gasteiger partial charge in [0.05, 0.1) is 24.8 Å². The van der Waals surface area contributed by atoms with E-state index in [1.54, 1.807) is 7.05 Å². The predicted octanol–water partition coefficient (Wildman–Crippen LogP) is -2.82. The fourth-order valence-corrected chi connectivity index (χ4v) is 3.11. The Labute approximate surface area is 162 Å². The van der Waals surface area contributed by atoms with Crippen LogP contribution in [0.5, 0.6) is 0 Å². The van der Waals surface area contributed by atoms with Crippen molar-refractivity contribution in [2.45, 2.75) is 24.5 Å². The van der Waals surface area contributed by atoms with Gasteiger partial charge < -0.3 is 36.2 Å². The van der Waals surface area contributed by atoms with Crippen LogP contribution in [0, 0.1) is 0 Å². The van der Waals surface area contributed by atoms with E-state index in [0.717, 1.165) is 0 Å². The van der Waals surface area contributed by atoms with Crippen molar-refractivity contribution in [2.24, 2.45) is 0 Å². The number of imidazole rings is 1. The first-order chi connectivity index (χ1) is 13.5. The molecule has 1 aliphatic heterocycles. The van der Waals surface area contributed by atoms with E-state index >= 15 is 0 Å². The summed E-state index contributed by atoms with van der Waals surface area (Å²) >= 11 is 0. The molecule has 1 fully saturated rings. The molecule has 0 unspecified atom stereocenters. The molecule has 0 aromatic carbocycles. The third-order valence-electron chi connectivity index (χ3n) is 4.62. The summed E-state index contributed by atoms with van der Waals surface area (Å²) in [5, 5.41) is 36.2. The SMILES string of the molecule is CN(C=O)c1cn[nH]c1-c1nc(N)c2ncn([C@@H]3O[C@H](CO)[C@@H](O)[C@H]3O)c2n1.O. The molecule has 0 saturated carbocycles. The Bertz CT molecular complexity index is 1020. The minimum atomic E-state index is -1.31. The van der Waals surface area contributed by atoms with Gasteiger partial charge in [-0.3, -0.25) is 14.5 Å². The Kier molecular flexibility index (Phi) is 5.45. The maximum atomic E-state index is 11.1. The largest absolute Gasteiger partial charge is 0.412 e. The molecule has 3 aromatic rings. The standard InChI is InChI=1S/C15H18N8O5.H2O/c1-22(5-25)6-2-18-21-8(6)13-19-12(16)9-14(20-13)23(4-17-9)15-11(27)10(26)7(3-24)28-15;/h2,4-5,7,10-11,15,24,26-27H,3H2,1H3,(H,18,21)(H2,16,19,20);1H2/t7-,10-,11-,15-;/m1./s1. The zero-order valence-electron chi connectivity index (χ0n) is 15.2. The number of aliphatic hydroxyl groups excluding tert-OH is 3. The Balaban J connectivity index is 0.00000240. The number of nitrogens with zero attached hydrogens (tertiary/aromatic N) is 6. The molecule has 1 aliphatic rings. The fourth-order valence-electron chi connectivity index (χ4n) is 3.11. The molecular weight excluding hydrogens is 388 g/mol. The number of carbonyl (C=O) groups excluding carboxylic acids is 1. The third-order valence-corrected chi connectivity index (χ3v) is 4.62. The number of nitrogens with two attached hydrogens (primary N) is 1. The Morgan fingerprint density at radius 1 is 1.38 bits per heavy atom. The average Bonchev–Trinajstić information content (AvgIpc) is 3.40. The molecule has 4 atom stereocenters. The molecule has 3 aromatic heterocycles. The van der Waals surface area contributed by atoms with Gasteiger partial charge >= 0.3 is 0 Å². The van der Waals surface area contributed by atoms with E-state index in [1.165, 1.54) is 22.0 Å². The van der Waals surface area contributed by atoms with Crippen molar-refractivity contribution in [1.29, 1.82) is 0 Å². The molecule has 4 heterocycles. The summed E-state index contributed by atoms with van der Waals surface area (Å²) in [5.41, 5.74) is 7.32. The van der Waals surface area contributed by atoms with Crippen LogP contribution in [0.25, 0.3) is 22.7 Å². The minimum absolute atomic E-state index is 0. The van der Waals surface area contributed by atoms with E-state index in [4.69, 9.17) is 10.5 Å². The van der Waals surface area contributed by atoms with Crippen LogP contribution >= 0.6 is 0 Å². The van der Waals surface area contributed by atoms with Crippen molar-refractivity contribution >= 4 is 29.1 Å². The third kappa shape index (κ3) is 3.18. The van der Waals surface area contributed by atoms with E-state index in [1.807, 2.05) is 0 Å². The molecular formula is C15H20N8O6. The van der Waals surface area contributed by atoms with Gasteiger partial charge in [0, 0.05) is 7.05 Å². The van der Waals surface area contributed by atoms with Crippen molar-refractivity contribution in [3.05, 3.63) is 12.5 Å². The topological polar surface area (TPSA) is 220 Å². The number of anilines is 2. The number of rotatable bonds is 5. The predicted molar refractivity (Wildman–Crippen MR) is 98.4 cm³/mol. The van der Waals surface area contributed by atoms with Gasteiger partial charge in [0.2, 0.25) is 6.41 Å². The highest BCUT2D eigenvalue weighted by atomic mass is 16.6. The van der Waals surface area contributed by atoms with Crippen LogP contribution in [-0.4, -0.2) is 88.9 Å². The molecule has 8 N–H and O–H groups in total. The van der Waals surface area contributed by atoms with Crippen LogP contribution in [0.15, 0.2) is 12.5 Å². The summed E-state index contributed by atoms with van der Waals surface area (Å²) < 4.78 is 6.94. The number of amides is 1. The number of aromatic amines is 1. The van der Waals surface area contributed by atoms with E-state index in [0.29, 0.717) is 17.8 Å². The number of fused-ring (bicyclic) bond motifs is 1. The number of hydrogen-bond acceptors (Lipinski definition) is 10. The van der Waals surface area contributed by atoms with Gasteiger partial charge in [-0.15, -0.1) is 0 Å². The Morgan fingerprint density at radius 3 is 2.79 bits per heavy atom. The normalized spacial score (nSPS) is 23.9. The lowest BCUT2D eigenvalue weighted by Gasteiger charge is -2.17. The zero-order chi connectivity index (χ0) is 20.0. The number of aliphatic hydroxyl groups is 3. The molecule has 1 saturated heterocycles. The molecule has 0 bridgehead atoms. The van der Waals surface area contributed by atoms with Crippen LogP contribution in [-0.2, 0) is 9.53 Å². The molecule has 14 nitrogen and oxygen atoms in total. The lowest BCUT2D eigenvalue weighted by molar-refractivity contribution is -0.107. The summed E-state index contributed by atoms with van der Waals surface area (Å²) in [7, 11) is 1.55. The van der Waals surface area contributed by atoms with Crippen LogP contribution in [0.2, 0.25) is 0 Å². The Hall–Kier alpha value is -3.17. The van der Waals surface area contributed by atoms with Gasteiger partial charge in [0.25, 0.3) is 0 Å². The summed E-state index contributed by atoms with van der Waals surface area (Å²) in [6.45, 7) is -0.459. The highest BCUT2D eigenvalue weighted by Crippen LogP contribution is 2.33. The van der Waals surface area contributed by atoms with Crippen molar-refractivity contribution in [1.82, 2.24) is 29.7 Å². The van der Waals surface area contributed by atoms with Crippen molar-refractivity contribution < 1.29 is 30.3 Å². The molecule has 4 rings (SSSR count). The van der Waals surface area contributed by atoms with Gasteiger partial charge in [0.1, 0.15) is 29.5 Å². The average molecular weight is 408 g/mol. The number of H-pyrrole nitrogens is 1. The first-order valence-corrected chi connectivity index (χ1v) is 8.30. The number of hydrogen-bond donors (Lipinski definition) is 5. The van der Waals surface area contributed by atoms with Crippen LogP contribution in [0.3, 0.4) is 0 Å². The molecule has 14 heteroatoms. The van der Waals surface area contributed by atoms with Gasteiger partial charge in [-0.05, 0) is 0 Å². The highest BCUT2D eigenvalue weighted by Gasteiger charge is 2.44. The summed E-state index contributed by atoms with van der Waals surface area (Å²) in [6, 6.07) is 0. The van der Waals surface area contributed by atoms with E-state index in [2.05, 4.69) is 25.1 Å². The summed E-state index contributed by atoms with van der Waals surface area (Å²) in [6.07, 6.45) is -1.15. The van der Waals surface area contributed by atoms with Crippen molar-refractivity contribution in [3.63, 3.8) is 0 Å². The highest BCUT2D eigenvalue weighted by molar-refractivity contribution is 5.87. The van der Waals surface area contributed by atoms with Gasteiger partial charge in [-0.2, -0.15) is 5.10 Å². The number of nitrogen functional groups attached to an aromatic ring is 1. The van der Waals surface area contributed by atoms with Crippen LogP contribution < -0.4 is 10.6 Å². The maximum Gasteiger partial charge on any atom is 0.213 e. The lowest BCUT2D eigenvalue weighted by atomic mass is 10.1. The number of aromatic nitrogens is 6. The lowest BCUT2D eigenvalue weighted by Crippen LogP contribution is -2.33. The summed E-state index contributed by atoms with van der Waals surface area (Å²) in [5.74, 6) is 0.222. The second-order valence-electron chi connectivity index (χ2n) is 6.33. The zero-order valence-corrected chi connectivity index (χ0v) is 15.2. The number of carbonyl (C=O) groups is 1. The smallest absolute Gasteiger partial charge is 0.213 e. The fraction of sp³-hybridized carbons (Fsp3) is 0.400. The summed E-state index contributed by atoms with van der Waals surface area (Å²) in [4.78, 5) is 25.2. The van der Waals surface area contributed by atoms with Gasteiger partial charge in [0.15, 0.2) is 23.5 Å². The molecule has 156 valence electrons. The van der Waals surface area contributed by atoms with Gasteiger partial charge in [-0.25, -0.2) is 15.0 Å². The Morgan fingerprint density at radius 2 is 2.14 bits per heavy atom. The van der Waals surface area contributed by atoms with Crippen molar-refractivity contribution in [2.75, 3.05) is 24.3 Å². The van der Waals surface area contributed by atoms with Crippen LogP contribution in [0.4, 0.5) is 11.5 Å². The first kappa shape index (κ1) is 20.6. The van der Waals surface area contributed by atoms with E-state index in [9.17, 15) is 20.1 Å². The van der Waals surface area contributed by atoms with E-state index in [-0.39, 0.29) is 28.3 Å². The van der Waals surface area contributed by atoms with E-state index < -0.39 is 31.1 Å². The second-order valence-corrected chi connectivity index (χ2v) is 6.33. The van der Waals surface area contributed by atoms with Crippen molar-refractivity contribution in [3.8, 4) is 11.5 Å². The molecule has 0 aliphatic carbocycles. The monoisotopic (exact) mass is 408 g/mol. The van der Waals surface area contributed by atoms with Gasteiger partial charge in [-0.1, -0.05) is 0 Å². The molecule has 29 heavy (non-hydrogen) atoms. The number of nitrogens with one attached hydrogen (secondary N) is 1. The minimum Gasteiger partial charge on any atom is -0.412 e. The molecule has 0 radical (unpaired) electrons. The quantitative estimate of drug-likeness (QED) is 0.272. The first-order valence-electron chi connectivity index (χ1n) is 8.30.